The molecule has 6 aromatic rings. The molecule has 6 nitrogen and oxygen atoms in total. The van der Waals surface area contributed by atoms with Crippen LogP contribution in [0.25, 0.3) is 22.5 Å². The number of rotatable bonds is 8. The van der Waals surface area contributed by atoms with Crippen molar-refractivity contribution < 1.29 is 14.3 Å². The van der Waals surface area contributed by atoms with Gasteiger partial charge in [0.1, 0.15) is 18.4 Å². The molecule has 0 saturated carbocycles. The molecule has 4 aromatic carbocycles. The van der Waals surface area contributed by atoms with E-state index in [4.69, 9.17) is 14.5 Å². The zero-order valence-electron chi connectivity index (χ0n) is 24.4. The van der Waals surface area contributed by atoms with Gasteiger partial charge in [-0.05, 0) is 58.5 Å². The quantitative estimate of drug-likeness (QED) is 0.175. The second-order valence-corrected chi connectivity index (χ2v) is 12.4. The molecular formula is C37H28N2O4S2. The first kappa shape index (κ1) is 28.7. The number of esters is 1. The van der Waals surface area contributed by atoms with Crippen molar-refractivity contribution in [1.82, 2.24) is 4.57 Å². The lowest BCUT2D eigenvalue weighted by Crippen LogP contribution is -2.39. The highest BCUT2D eigenvalue weighted by Gasteiger charge is 2.35. The minimum absolute atomic E-state index is 0.206. The maximum atomic E-state index is 14.0. The molecule has 1 unspecified atom stereocenters. The van der Waals surface area contributed by atoms with E-state index in [-0.39, 0.29) is 12.2 Å². The van der Waals surface area contributed by atoms with Crippen molar-refractivity contribution in [3.8, 4) is 5.75 Å². The van der Waals surface area contributed by atoms with Gasteiger partial charge in [-0.15, -0.1) is 11.3 Å². The fourth-order valence-corrected chi connectivity index (χ4v) is 7.37. The highest BCUT2D eigenvalue weighted by Crippen LogP contribution is 2.36. The van der Waals surface area contributed by atoms with E-state index in [1.165, 1.54) is 33.4 Å². The normalized spacial score (nSPS) is 14.7. The lowest BCUT2D eigenvalue weighted by molar-refractivity contribution is -0.138. The first-order valence-electron chi connectivity index (χ1n) is 14.6. The van der Waals surface area contributed by atoms with Crippen LogP contribution in [0.4, 0.5) is 0 Å². The number of carbonyl (C=O) groups is 1. The first-order chi connectivity index (χ1) is 22.1. The molecule has 0 bridgehead atoms. The largest absolute Gasteiger partial charge is 0.489 e. The summed E-state index contributed by atoms with van der Waals surface area (Å²) in [5, 5.41) is 4.30. The Hall–Kier alpha value is -5.05. The molecular weight excluding hydrogens is 601 g/mol. The highest BCUT2D eigenvalue weighted by molar-refractivity contribution is 7.10. The molecule has 2 aromatic heterocycles. The maximum absolute atomic E-state index is 14.0. The number of ether oxygens (including phenoxy) is 2. The third-order valence-electron chi connectivity index (χ3n) is 7.64. The van der Waals surface area contributed by atoms with Gasteiger partial charge in [-0.1, -0.05) is 102 Å². The standard InChI is InChI=1S/C37H28N2O4S2/c1-2-42-36(41)32-33(26-11-4-3-5-12-26)38-37-39(34(32)30-16-9-21-44-30)35(40)31(45-37)22-24-17-19-28(20-18-24)43-23-27-14-8-13-25-10-6-7-15-29(25)27/h3-22,34H,2,23H2,1H3. The van der Waals surface area contributed by atoms with Crippen molar-refractivity contribution in [3.05, 3.63) is 161 Å². The van der Waals surface area contributed by atoms with Crippen molar-refractivity contribution in [2.24, 2.45) is 4.99 Å². The number of carbonyl (C=O) groups excluding carboxylic acids is 1. The second-order valence-electron chi connectivity index (χ2n) is 10.4. The lowest BCUT2D eigenvalue weighted by atomic mass is 9.97. The van der Waals surface area contributed by atoms with E-state index >= 15 is 0 Å². The minimum atomic E-state index is -0.650. The van der Waals surface area contributed by atoms with E-state index < -0.39 is 12.0 Å². The van der Waals surface area contributed by atoms with Gasteiger partial charge < -0.3 is 9.47 Å². The zero-order chi connectivity index (χ0) is 30.8. The van der Waals surface area contributed by atoms with Gasteiger partial charge in [-0.3, -0.25) is 9.36 Å². The van der Waals surface area contributed by atoms with Crippen molar-refractivity contribution in [1.29, 1.82) is 0 Å². The molecule has 0 fully saturated rings. The summed E-state index contributed by atoms with van der Waals surface area (Å²) in [6.45, 7) is 2.44. The molecule has 0 N–H and O–H groups in total. The molecule has 3 heterocycles. The average molecular weight is 629 g/mol. The maximum Gasteiger partial charge on any atom is 0.338 e. The smallest absolute Gasteiger partial charge is 0.338 e. The number of hydrogen-bond donors (Lipinski definition) is 0. The number of fused-ring (bicyclic) bond motifs is 2. The minimum Gasteiger partial charge on any atom is -0.489 e. The summed E-state index contributed by atoms with van der Waals surface area (Å²) in [5.74, 6) is 0.262. The van der Waals surface area contributed by atoms with E-state index in [0.717, 1.165) is 27.3 Å². The summed E-state index contributed by atoms with van der Waals surface area (Å²) in [7, 11) is 0. The molecule has 0 amide bonds. The monoisotopic (exact) mass is 628 g/mol. The Labute approximate surface area is 267 Å². The summed E-state index contributed by atoms with van der Waals surface area (Å²) in [6, 6.07) is 35.0. The van der Waals surface area contributed by atoms with Crippen LogP contribution >= 0.6 is 22.7 Å². The lowest BCUT2D eigenvalue weighted by Gasteiger charge is -2.24. The third-order valence-corrected chi connectivity index (χ3v) is 9.55. The van der Waals surface area contributed by atoms with Gasteiger partial charge in [0.05, 0.1) is 22.4 Å². The van der Waals surface area contributed by atoms with Gasteiger partial charge in [-0.25, -0.2) is 9.79 Å². The molecule has 1 aliphatic rings. The summed E-state index contributed by atoms with van der Waals surface area (Å²) >= 11 is 2.81. The number of benzene rings is 4. The molecule has 0 saturated heterocycles. The van der Waals surface area contributed by atoms with Crippen molar-refractivity contribution in [2.75, 3.05) is 6.61 Å². The number of thiazole rings is 1. The SMILES string of the molecule is CCOC(=O)C1=C(c2ccccc2)N=c2sc(=Cc3ccc(OCc4cccc5ccccc45)cc3)c(=O)n2C1c1cccs1. The first-order valence-corrected chi connectivity index (χ1v) is 16.3. The van der Waals surface area contributed by atoms with Crippen LogP contribution in [0.2, 0.25) is 0 Å². The van der Waals surface area contributed by atoms with Crippen LogP contribution in [0.3, 0.4) is 0 Å². The Morgan fingerprint density at radius 3 is 2.47 bits per heavy atom. The van der Waals surface area contributed by atoms with Crippen LogP contribution in [-0.4, -0.2) is 17.1 Å². The van der Waals surface area contributed by atoms with Gasteiger partial charge in [-0.2, -0.15) is 0 Å². The Morgan fingerprint density at radius 1 is 0.911 bits per heavy atom. The number of thiophene rings is 1. The molecule has 8 heteroatoms. The van der Waals surface area contributed by atoms with Gasteiger partial charge in [0.25, 0.3) is 5.56 Å². The Bertz CT molecular complexity index is 2210. The van der Waals surface area contributed by atoms with Crippen LogP contribution in [0.15, 0.2) is 130 Å². The van der Waals surface area contributed by atoms with Crippen LogP contribution in [0, 0.1) is 0 Å². The fourth-order valence-electron chi connectivity index (χ4n) is 5.55. The Morgan fingerprint density at radius 2 is 1.69 bits per heavy atom. The molecule has 222 valence electrons. The summed E-state index contributed by atoms with van der Waals surface area (Å²) in [4.78, 5) is 33.8. The molecule has 1 aliphatic heterocycles. The van der Waals surface area contributed by atoms with Crippen LogP contribution < -0.4 is 19.6 Å². The van der Waals surface area contributed by atoms with E-state index in [1.807, 2.05) is 96.4 Å². The molecule has 45 heavy (non-hydrogen) atoms. The fraction of sp³-hybridized carbons (Fsp3) is 0.108. The van der Waals surface area contributed by atoms with Crippen molar-refractivity contribution in [2.45, 2.75) is 19.6 Å². The van der Waals surface area contributed by atoms with Gasteiger partial charge >= 0.3 is 5.97 Å². The van der Waals surface area contributed by atoms with E-state index in [9.17, 15) is 9.59 Å². The van der Waals surface area contributed by atoms with Crippen molar-refractivity contribution >= 4 is 51.2 Å². The molecule has 0 radical (unpaired) electrons. The van der Waals surface area contributed by atoms with Gasteiger partial charge in [0.2, 0.25) is 0 Å². The summed E-state index contributed by atoms with van der Waals surface area (Å²) < 4.78 is 13.8. The Kier molecular flexibility index (Phi) is 7.98. The predicted octanol–water partition coefficient (Wildman–Crippen LogP) is 6.73. The number of hydrogen-bond acceptors (Lipinski definition) is 7. The zero-order valence-corrected chi connectivity index (χ0v) is 26.0. The van der Waals surface area contributed by atoms with Gasteiger partial charge in [0.15, 0.2) is 4.80 Å². The van der Waals surface area contributed by atoms with Crippen LogP contribution in [0.1, 0.15) is 34.5 Å². The predicted molar refractivity (Wildman–Crippen MR) is 180 cm³/mol. The van der Waals surface area contributed by atoms with E-state index in [0.29, 0.717) is 27.2 Å². The molecule has 1 atom stereocenters. The summed E-state index contributed by atoms with van der Waals surface area (Å²) in [6.07, 6.45) is 1.86. The van der Waals surface area contributed by atoms with Crippen LogP contribution in [0.5, 0.6) is 5.75 Å². The topological polar surface area (TPSA) is 69.9 Å². The molecule has 0 spiro atoms. The summed E-state index contributed by atoms with van der Waals surface area (Å²) in [5.41, 5.74) is 3.44. The Balaban J connectivity index is 1.25. The molecule has 7 rings (SSSR count). The highest BCUT2D eigenvalue weighted by atomic mass is 32.1. The molecule has 0 aliphatic carbocycles. The average Bonchev–Trinajstić information content (AvgIpc) is 3.72. The third kappa shape index (κ3) is 5.66. The second kappa shape index (κ2) is 12.5. The van der Waals surface area contributed by atoms with Gasteiger partial charge in [0, 0.05) is 10.4 Å². The van der Waals surface area contributed by atoms with Crippen LogP contribution in [-0.2, 0) is 16.1 Å². The number of aromatic nitrogens is 1. The van der Waals surface area contributed by atoms with Crippen molar-refractivity contribution in [3.63, 3.8) is 0 Å². The van der Waals surface area contributed by atoms with E-state index in [1.54, 1.807) is 11.5 Å². The number of nitrogens with zero attached hydrogens (tertiary/aromatic N) is 2. The van der Waals surface area contributed by atoms with E-state index in [2.05, 4.69) is 24.3 Å².